The molecule has 1 rings (SSSR count). The van der Waals surface area contributed by atoms with E-state index in [1.807, 2.05) is 13.8 Å². The summed E-state index contributed by atoms with van der Waals surface area (Å²) in [6.45, 7) is 6.10. The van der Waals surface area contributed by atoms with E-state index >= 15 is 0 Å². The van der Waals surface area contributed by atoms with Crippen molar-refractivity contribution in [2.24, 2.45) is 0 Å². The Morgan fingerprint density at radius 1 is 1.18 bits per heavy atom. The van der Waals surface area contributed by atoms with Crippen molar-refractivity contribution in [1.82, 2.24) is 4.31 Å². The Labute approximate surface area is 71.6 Å². The van der Waals surface area contributed by atoms with E-state index in [1.54, 1.807) is 0 Å². The average Bonchev–Trinajstić information content (AvgIpc) is 2.05. The van der Waals surface area contributed by atoms with E-state index in [0.717, 1.165) is 13.1 Å². The fraction of sp³-hybridized carbons (Fsp3) is 1.00. The lowest BCUT2D eigenvalue weighted by atomic mass is 10.2. The number of piperidine rings is 1. The molecule has 0 radical (unpaired) electrons. The fourth-order valence-electron chi connectivity index (χ4n) is 1.34. The molecule has 0 aliphatic carbocycles. The molecule has 1 atom stereocenters. The normalized spacial score (nSPS) is 23.9. The number of hydrogen-bond acceptors (Lipinski definition) is 1. The van der Waals surface area contributed by atoms with Gasteiger partial charge in [0, 0.05) is 18.3 Å². The zero-order valence-electron chi connectivity index (χ0n) is 7.38. The molecule has 1 unspecified atom stereocenters. The molecule has 0 spiro atoms. The minimum absolute atomic E-state index is 0.285. The second kappa shape index (κ2) is 4.21. The molecule has 1 fully saturated rings. The van der Waals surface area contributed by atoms with E-state index in [2.05, 4.69) is 4.31 Å². The van der Waals surface area contributed by atoms with Gasteiger partial charge < -0.3 is 0 Å². The van der Waals surface area contributed by atoms with Crippen molar-refractivity contribution in [1.29, 1.82) is 0 Å². The van der Waals surface area contributed by atoms with E-state index in [9.17, 15) is 4.21 Å². The van der Waals surface area contributed by atoms with Gasteiger partial charge in [-0.1, -0.05) is 6.42 Å². The quantitative estimate of drug-likeness (QED) is 0.623. The lowest BCUT2D eigenvalue weighted by Crippen LogP contribution is -2.35. The van der Waals surface area contributed by atoms with Crippen LogP contribution in [0.5, 0.6) is 0 Å². The third-order valence-electron chi connectivity index (χ3n) is 1.97. The van der Waals surface area contributed by atoms with E-state index in [0.29, 0.717) is 0 Å². The van der Waals surface area contributed by atoms with Crippen molar-refractivity contribution in [2.75, 3.05) is 13.1 Å². The van der Waals surface area contributed by atoms with E-state index in [4.69, 9.17) is 0 Å². The molecule has 66 valence electrons. The van der Waals surface area contributed by atoms with Gasteiger partial charge in [0.1, 0.15) is 0 Å². The third kappa shape index (κ3) is 2.56. The summed E-state index contributed by atoms with van der Waals surface area (Å²) in [5, 5.41) is 0.285. The van der Waals surface area contributed by atoms with E-state index in [1.165, 1.54) is 19.3 Å². The van der Waals surface area contributed by atoms with Crippen LogP contribution in [0.2, 0.25) is 0 Å². The molecular formula is C8H17NOS. The fourth-order valence-corrected chi connectivity index (χ4v) is 2.56. The first kappa shape index (κ1) is 9.20. The highest BCUT2D eigenvalue weighted by Gasteiger charge is 2.17. The molecule has 0 saturated carbocycles. The molecule has 1 heterocycles. The Hall–Kier alpha value is 0.110. The van der Waals surface area contributed by atoms with Crippen LogP contribution in [0.15, 0.2) is 0 Å². The summed E-state index contributed by atoms with van der Waals surface area (Å²) in [6, 6.07) is 0. The maximum absolute atomic E-state index is 11.5. The molecular weight excluding hydrogens is 158 g/mol. The standard InChI is InChI=1S/C8H17NOS/c1-8(2)11(10)9-6-4-3-5-7-9/h8H,3-7H2,1-2H3. The molecule has 0 amide bonds. The largest absolute Gasteiger partial charge is 0.242 e. The van der Waals surface area contributed by atoms with Crippen LogP contribution >= 0.6 is 0 Å². The average molecular weight is 175 g/mol. The van der Waals surface area contributed by atoms with Crippen molar-refractivity contribution >= 4 is 11.0 Å². The van der Waals surface area contributed by atoms with Crippen LogP contribution in [0.25, 0.3) is 0 Å². The van der Waals surface area contributed by atoms with Crippen LogP contribution in [0.3, 0.4) is 0 Å². The van der Waals surface area contributed by atoms with Crippen molar-refractivity contribution in [3.63, 3.8) is 0 Å². The van der Waals surface area contributed by atoms with Crippen molar-refractivity contribution in [2.45, 2.75) is 38.4 Å². The van der Waals surface area contributed by atoms with Crippen molar-refractivity contribution < 1.29 is 4.21 Å². The molecule has 0 aromatic carbocycles. The molecule has 1 aliphatic rings. The van der Waals surface area contributed by atoms with Crippen LogP contribution in [0.1, 0.15) is 33.1 Å². The van der Waals surface area contributed by atoms with Crippen LogP contribution in [0, 0.1) is 0 Å². The van der Waals surface area contributed by atoms with Crippen molar-refractivity contribution in [3.05, 3.63) is 0 Å². The van der Waals surface area contributed by atoms with Gasteiger partial charge in [-0.2, -0.15) is 0 Å². The summed E-state index contributed by atoms with van der Waals surface area (Å²) in [4.78, 5) is 0. The number of rotatable bonds is 2. The summed E-state index contributed by atoms with van der Waals surface area (Å²) >= 11 is 0. The molecule has 3 heteroatoms. The minimum atomic E-state index is -0.725. The first-order chi connectivity index (χ1) is 5.22. The molecule has 1 aliphatic heterocycles. The van der Waals surface area contributed by atoms with Gasteiger partial charge in [-0.25, -0.2) is 8.51 Å². The Morgan fingerprint density at radius 2 is 1.73 bits per heavy atom. The Morgan fingerprint density at radius 3 is 2.18 bits per heavy atom. The zero-order valence-corrected chi connectivity index (χ0v) is 8.19. The molecule has 0 aromatic heterocycles. The van der Waals surface area contributed by atoms with Gasteiger partial charge in [-0.3, -0.25) is 0 Å². The number of nitrogens with zero attached hydrogens (tertiary/aromatic N) is 1. The monoisotopic (exact) mass is 175 g/mol. The van der Waals surface area contributed by atoms with Gasteiger partial charge in [0.15, 0.2) is 0 Å². The highest BCUT2D eigenvalue weighted by Crippen LogP contribution is 2.12. The lowest BCUT2D eigenvalue weighted by Gasteiger charge is -2.26. The Balaban J connectivity index is 2.39. The van der Waals surface area contributed by atoms with Crippen LogP contribution in [-0.2, 0) is 11.0 Å². The Bertz CT molecular complexity index is 141. The van der Waals surface area contributed by atoms with Gasteiger partial charge in [0.25, 0.3) is 0 Å². The highest BCUT2D eigenvalue weighted by molar-refractivity contribution is 7.83. The topological polar surface area (TPSA) is 20.3 Å². The predicted molar refractivity (Wildman–Crippen MR) is 48.7 cm³/mol. The smallest absolute Gasteiger partial charge is 0.0968 e. The summed E-state index contributed by atoms with van der Waals surface area (Å²) in [5.41, 5.74) is 0. The van der Waals surface area contributed by atoms with Gasteiger partial charge in [0.05, 0.1) is 11.0 Å². The van der Waals surface area contributed by atoms with Gasteiger partial charge in [0.2, 0.25) is 0 Å². The van der Waals surface area contributed by atoms with Crippen LogP contribution in [0.4, 0.5) is 0 Å². The maximum Gasteiger partial charge on any atom is 0.0968 e. The molecule has 0 aromatic rings. The Kier molecular flexibility index (Phi) is 3.52. The zero-order chi connectivity index (χ0) is 8.27. The maximum atomic E-state index is 11.5. The molecule has 2 nitrogen and oxygen atoms in total. The SMILES string of the molecule is CC(C)S(=O)N1CCCCC1. The van der Waals surface area contributed by atoms with Crippen LogP contribution in [-0.4, -0.2) is 26.9 Å². The first-order valence-corrected chi connectivity index (χ1v) is 5.54. The first-order valence-electron chi connectivity index (χ1n) is 4.37. The van der Waals surface area contributed by atoms with Gasteiger partial charge in [-0.15, -0.1) is 0 Å². The second-order valence-electron chi connectivity index (χ2n) is 3.31. The minimum Gasteiger partial charge on any atom is -0.242 e. The summed E-state index contributed by atoms with van der Waals surface area (Å²) in [7, 11) is -0.725. The van der Waals surface area contributed by atoms with E-state index < -0.39 is 11.0 Å². The van der Waals surface area contributed by atoms with Crippen molar-refractivity contribution in [3.8, 4) is 0 Å². The summed E-state index contributed by atoms with van der Waals surface area (Å²) in [5.74, 6) is 0. The molecule has 0 N–H and O–H groups in total. The highest BCUT2D eigenvalue weighted by atomic mass is 32.2. The predicted octanol–water partition coefficient (Wildman–Crippen LogP) is 1.54. The molecule has 1 saturated heterocycles. The second-order valence-corrected chi connectivity index (χ2v) is 5.33. The number of hydrogen-bond donors (Lipinski definition) is 0. The lowest BCUT2D eigenvalue weighted by molar-refractivity contribution is 0.363. The van der Waals surface area contributed by atoms with Gasteiger partial charge in [-0.05, 0) is 26.7 Å². The third-order valence-corrected chi connectivity index (χ3v) is 3.65. The summed E-state index contributed by atoms with van der Waals surface area (Å²) < 4.78 is 13.6. The van der Waals surface area contributed by atoms with Gasteiger partial charge >= 0.3 is 0 Å². The molecule has 0 bridgehead atoms. The van der Waals surface area contributed by atoms with Crippen LogP contribution < -0.4 is 0 Å². The molecule has 11 heavy (non-hydrogen) atoms. The van der Waals surface area contributed by atoms with E-state index in [-0.39, 0.29) is 5.25 Å². The summed E-state index contributed by atoms with van der Waals surface area (Å²) in [6.07, 6.45) is 3.75.